The summed E-state index contributed by atoms with van der Waals surface area (Å²) in [6, 6.07) is 12.1. The first-order valence-electron chi connectivity index (χ1n) is 9.71. The van der Waals surface area contributed by atoms with E-state index >= 15 is 0 Å². The van der Waals surface area contributed by atoms with Gasteiger partial charge in [0.2, 0.25) is 5.91 Å². The summed E-state index contributed by atoms with van der Waals surface area (Å²) < 4.78 is 5.99. The molecule has 0 spiro atoms. The summed E-state index contributed by atoms with van der Waals surface area (Å²) in [6.45, 7) is 8.02. The zero-order valence-electron chi connectivity index (χ0n) is 16.3. The minimum atomic E-state index is -0.180. The standard InChI is InChI=1S/C22H25N3O3/c1-15-18-8-7-17-5-3-4-6-19(17)21(18)28-20(15)22(27)23-9-10-24-11-13-25(14-12-24)16(2)26/h3-8H,9-14H2,1-2H3,(H,23,27). The number of hydrogen-bond acceptors (Lipinski definition) is 4. The fraction of sp³-hybridized carbons (Fsp3) is 0.364. The average molecular weight is 379 g/mol. The maximum Gasteiger partial charge on any atom is 0.287 e. The van der Waals surface area contributed by atoms with E-state index in [1.807, 2.05) is 42.2 Å². The van der Waals surface area contributed by atoms with Crippen LogP contribution in [0.15, 0.2) is 40.8 Å². The van der Waals surface area contributed by atoms with Crippen LogP contribution < -0.4 is 5.32 Å². The van der Waals surface area contributed by atoms with E-state index in [2.05, 4.69) is 16.3 Å². The highest BCUT2D eigenvalue weighted by molar-refractivity contribution is 6.08. The highest BCUT2D eigenvalue weighted by atomic mass is 16.3. The Balaban J connectivity index is 1.41. The number of benzene rings is 2. The number of hydrogen-bond donors (Lipinski definition) is 1. The largest absolute Gasteiger partial charge is 0.450 e. The Bertz CT molecular complexity index is 1030. The summed E-state index contributed by atoms with van der Waals surface area (Å²) in [7, 11) is 0. The number of nitrogens with zero attached hydrogens (tertiary/aromatic N) is 2. The van der Waals surface area contributed by atoms with Crippen LogP contribution in [0.25, 0.3) is 21.7 Å². The first-order valence-corrected chi connectivity index (χ1v) is 9.71. The highest BCUT2D eigenvalue weighted by Crippen LogP contribution is 2.31. The minimum absolute atomic E-state index is 0.126. The predicted molar refractivity (Wildman–Crippen MR) is 109 cm³/mol. The van der Waals surface area contributed by atoms with Gasteiger partial charge in [-0.25, -0.2) is 0 Å². The van der Waals surface area contributed by atoms with Crippen LogP contribution in [0.5, 0.6) is 0 Å². The summed E-state index contributed by atoms with van der Waals surface area (Å²) in [6.07, 6.45) is 0. The molecule has 6 heteroatoms. The van der Waals surface area contributed by atoms with Crippen molar-refractivity contribution >= 4 is 33.6 Å². The molecule has 1 N–H and O–H groups in total. The van der Waals surface area contributed by atoms with Gasteiger partial charge in [0.15, 0.2) is 5.76 Å². The SMILES string of the molecule is CC(=O)N1CCN(CCNC(=O)c2oc3c(ccc4ccccc43)c2C)CC1. The molecule has 0 unspecified atom stereocenters. The van der Waals surface area contributed by atoms with Crippen molar-refractivity contribution < 1.29 is 14.0 Å². The Hall–Kier alpha value is -2.86. The fourth-order valence-electron chi connectivity index (χ4n) is 3.86. The average Bonchev–Trinajstić information content (AvgIpc) is 3.05. The zero-order chi connectivity index (χ0) is 19.7. The number of furan rings is 1. The molecule has 146 valence electrons. The molecule has 0 radical (unpaired) electrons. The summed E-state index contributed by atoms with van der Waals surface area (Å²) in [5.41, 5.74) is 1.63. The number of carbonyl (C=O) groups excluding carboxylic acids is 2. The smallest absolute Gasteiger partial charge is 0.287 e. The van der Waals surface area contributed by atoms with Crippen LogP contribution in [0.2, 0.25) is 0 Å². The van der Waals surface area contributed by atoms with Gasteiger partial charge in [-0.15, -0.1) is 0 Å². The molecular formula is C22H25N3O3. The first kappa shape index (κ1) is 18.5. The molecule has 0 atom stereocenters. The molecule has 1 saturated heterocycles. The molecule has 1 aliphatic heterocycles. The lowest BCUT2D eigenvalue weighted by atomic mass is 10.1. The van der Waals surface area contributed by atoms with Crippen molar-refractivity contribution in [3.8, 4) is 0 Å². The van der Waals surface area contributed by atoms with E-state index in [-0.39, 0.29) is 11.8 Å². The molecule has 1 aromatic heterocycles. The number of carbonyl (C=O) groups is 2. The van der Waals surface area contributed by atoms with Crippen LogP contribution in [-0.4, -0.2) is 60.9 Å². The van der Waals surface area contributed by atoms with Crippen molar-refractivity contribution in [3.63, 3.8) is 0 Å². The molecule has 28 heavy (non-hydrogen) atoms. The van der Waals surface area contributed by atoms with Crippen LogP contribution in [0.4, 0.5) is 0 Å². The van der Waals surface area contributed by atoms with Gasteiger partial charge in [-0.2, -0.15) is 0 Å². The van der Waals surface area contributed by atoms with Crippen molar-refractivity contribution in [1.82, 2.24) is 15.1 Å². The molecule has 3 aromatic rings. The third-order valence-electron chi connectivity index (χ3n) is 5.57. The Morgan fingerprint density at radius 2 is 1.79 bits per heavy atom. The lowest BCUT2D eigenvalue weighted by molar-refractivity contribution is -0.130. The minimum Gasteiger partial charge on any atom is -0.450 e. The lowest BCUT2D eigenvalue weighted by Gasteiger charge is -2.34. The summed E-state index contributed by atoms with van der Waals surface area (Å²) >= 11 is 0. The molecule has 2 aromatic carbocycles. The van der Waals surface area contributed by atoms with Crippen molar-refractivity contribution in [1.29, 1.82) is 0 Å². The Labute approximate surface area is 164 Å². The van der Waals surface area contributed by atoms with Crippen molar-refractivity contribution in [2.24, 2.45) is 0 Å². The van der Waals surface area contributed by atoms with E-state index < -0.39 is 0 Å². The maximum absolute atomic E-state index is 12.7. The van der Waals surface area contributed by atoms with Crippen molar-refractivity contribution in [2.45, 2.75) is 13.8 Å². The normalized spacial score (nSPS) is 15.3. The van der Waals surface area contributed by atoms with Gasteiger partial charge in [0.25, 0.3) is 5.91 Å². The van der Waals surface area contributed by atoms with Crippen LogP contribution in [0, 0.1) is 6.92 Å². The van der Waals surface area contributed by atoms with Gasteiger partial charge in [0.05, 0.1) is 0 Å². The predicted octanol–water partition coefficient (Wildman–Crippen LogP) is 2.79. The second-order valence-electron chi connectivity index (χ2n) is 7.32. The Morgan fingerprint density at radius 1 is 1.04 bits per heavy atom. The van der Waals surface area contributed by atoms with E-state index in [1.54, 1.807) is 6.92 Å². The van der Waals surface area contributed by atoms with Crippen LogP contribution in [0.1, 0.15) is 23.0 Å². The topological polar surface area (TPSA) is 65.8 Å². The number of aryl methyl sites for hydroxylation is 1. The second-order valence-corrected chi connectivity index (χ2v) is 7.32. The number of rotatable bonds is 4. The molecule has 4 rings (SSSR count). The number of nitrogens with one attached hydrogen (secondary N) is 1. The summed E-state index contributed by atoms with van der Waals surface area (Å²) in [5, 5.41) is 6.07. The molecule has 2 amide bonds. The van der Waals surface area contributed by atoms with E-state index in [4.69, 9.17) is 4.42 Å². The first-order chi connectivity index (χ1) is 13.5. The van der Waals surface area contributed by atoms with Crippen LogP contribution in [0.3, 0.4) is 0 Å². The van der Waals surface area contributed by atoms with Crippen LogP contribution >= 0.6 is 0 Å². The monoisotopic (exact) mass is 379 g/mol. The molecule has 0 bridgehead atoms. The van der Waals surface area contributed by atoms with E-state index in [0.717, 1.165) is 60.0 Å². The zero-order valence-corrected chi connectivity index (χ0v) is 16.3. The Morgan fingerprint density at radius 3 is 2.54 bits per heavy atom. The molecule has 0 saturated carbocycles. The molecule has 2 heterocycles. The van der Waals surface area contributed by atoms with Gasteiger partial charge in [0, 0.05) is 62.5 Å². The van der Waals surface area contributed by atoms with Gasteiger partial charge < -0.3 is 14.6 Å². The number of amides is 2. The lowest BCUT2D eigenvalue weighted by Crippen LogP contribution is -2.49. The van der Waals surface area contributed by atoms with Gasteiger partial charge in [0.1, 0.15) is 5.58 Å². The Kier molecular flexibility index (Phi) is 5.05. The molecule has 6 nitrogen and oxygen atoms in total. The summed E-state index contributed by atoms with van der Waals surface area (Å²) in [4.78, 5) is 28.2. The third-order valence-corrected chi connectivity index (χ3v) is 5.57. The van der Waals surface area contributed by atoms with Gasteiger partial charge in [-0.05, 0) is 12.3 Å². The molecule has 1 aliphatic rings. The highest BCUT2D eigenvalue weighted by Gasteiger charge is 2.20. The van der Waals surface area contributed by atoms with Gasteiger partial charge in [-0.3, -0.25) is 14.5 Å². The molecular weight excluding hydrogens is 354 g/mol. The summed E-state index contributed by atoms with van der Waals surface area (Å²) in [5.74, 6) is 0.328. The maximum atomic E-state index is 12.7. The quantitative estimate of drug-likeness (QED) is 0.757. The van der Waals surface area contributed by atoms with Gasteiger partial charge >= 0.3 is 0 Å². The second kappa shape index (κ2) is 7.64. The van der Waals surface area contributed by atoms with Gasteiger partial charge in [-0.1, -0.05) is 36.4 Å². The third kappa shape index (κ3) is 3.47. The van der Waals surface area contributed by atoms with E-state index in [9.17, 15) is 9.59 Å². The van der Waals surface area contributed by atoms with E-state index in [1.165, 1.54) is 0 Å². The number of piperazine rings is 1. The van der Waals surface area contributed by atoms with Crippen LogP contribution in [-0.2, 0) is 4.79 Å². The molecule has 0 aliphatic carbocycles. The molecule has 1 fully saturated rings. The van der Waals surface area contributed by atoms with Crippen molar-refractivity contribution in [3.05, 3.63) is 47.7 Å². The van der Waals surface area contributed by atoms with Crippen molar-refractivity contribution in [2.75, 3.05) is 39.3 Å². The fourth-order valence-corrected chi connectivity index (χ4v) is 3.86. The number of fused-ring (bicyclic) bond motifs is 3. The van der Waals surface area contributed by atoms with E-state index in [0.29, 0.717) is 12.3 Å².